The van der Waals surface area contributed by atoms with Crippen LogP contribution in [-0.2, 0) is 14.9 Å². The summed E-state index contributed by atoms with van der Waals surface area (Å²) < 4.78 is 7.37. The predicted octanol–water partition coefficient (Wildman–Crippen LogP) is 1.26. The lowest BCUT2D eigenvalue weighted by Gasteiger charge is -2.52. The number of piperidine rings is 3. The van der Waals surface area contributed by atoms with E-state index in [9.17, 15) is 9.59 Å². The van der Waals surface area contributed by atoms with Crippen LogP contribution >= 0.6 is 0 Å². The molecule has 4 fully saturated rings. The summed E-state index contributed by atoms with van der Waals surface area (Å²) in [6.07, 6.45) is 10.1. The average molecular weight is 557 g/mol. The zero-order chi connectivity index (χ0) is 24.1. The van der Waals surface area contributed by atoms with Gasteiger partial charge in [0, 0.05) is 25.0 Å². The van der Waals surface area contributed by atoms with E-state index < -0.39 is 5.41 Å². The standard InChI is InChI=1S/C29H37N3O3.BrH/c33-27(25-12-6-9-17-30-25)31-18-21-32-19-13-23(14-20-32)26(22-32)35-28(34)29(15-7-1-2-8-16-29)24-10-4-3-5-11-24;/h3-6,9-12,17,23,26H,1-2,7-8,13-16,18-22H2;1H/t23?,26-,32?;/m0./s1. The Hall–Kier alpha value is -2.25. The molecule has 1 atom stereocenters. The van der Waals surface area contributed by atoms with Gasteiger partial charge in [-0.05, 0) is 30.5 Å². The van der Waals surface area contributed by atoms with Gasteiger partial charge in [0.05, 0.1) is 31.6 Å². The van der Waals surface area contributed by atoms with Gasteiger partial charge in [0.25, 0.3) is 5.91 Å². The molecular formula is C29H38BrN3O3. The van der Waals surface area contributed by atoms with E-state index >= 15 is 0 Å². The molecule has 6 nitrogen and oxygen atoms in total. The third kappa shape index (κ3) is 5.67. The van der Waals surface area contributed by atoms with Gasteiger partial charge in [-0.15, -0.1) is 0 Å². The van der Waals surface area contributed by atoms with Crippen molar-refractivity contribution in [2.75, 3.05) is 32.7 Å². The topological polar surface area (TPSA) is 68.3 Å². The van der Waals surface area contributed by atoms with Gasteiger partial charge in [0.15, 0.2) is 6.10 Å². The minimum absolute atomic E-state index is 0. The second-order valence-electron chi connectivity index (χ2n) is 10.8. The number of nitrogens with one attached hydrogen (secondary N) is 1. The van der Waals surface area contributed by atoms with Crippen molar-refractivity contribution in [1.29, 1.82) is 0 Å². The first-order chi connectivity index (χ1) is 17.1. The van der Waals surface area contributed by atoms with Crippen LogP contribution in [0.2, 0.25) is 0 Å². The molecule has 0 unspecified atom stereocenters. The maximum Gasteiger partial charge on any atom is 0.317 e. The number of carbonyl (C=O) groups is 2. The maximum absolute atomic E-state index is 13.9. The lowest BCUT2D eigenvalue weighted by molar-refractivity contribution is -0.945. The summed E-state index contributed by atoms with van der Waals surface area (Å²) in [5.41, 5.74) is 1.06. The fraction of sp³-hybridized carbons (Fsp3) is 0.552. The second kappa shape index (κ2) is 11.9. The quantitative estimate of drug-likeness (QED) is 0.317. The number of esters is 1. The van der Waals surface area contributed by atoms with E-state index in [1.54, 1.807) is 12.3 Å². The van der Waals surface area contributed by atoms with E-state index in [4.69, 9.17) is 4.74 Å². The Morgan fingerprint density at radius 2 is 1.67 bits per heavy atom. The first-order valence-corrected chi connectivity index (χ1v) is 13.4. The van der Waals surface area contributed by atoms with Gasteiger partial charge in [0.2, 0.25) is 0 Å². The summed E-state index contributed by atoms with van der Waals surface area (Å²) in [7, 11) is 0. The highest BCUT2D eigenvalue weighted by Crippen LogP contribution is 2.42. The summed E-state index contributed by atoms with van der Waals surface area (Å²) in [6, 6.07) is 15.7. The molecule has 1 aromatic carbocycles. The van der Waals surface area contributed by atoms with Crippen molar-refractivity contribution >= 4 is 11.9 Å². The summed E-state index contributed by atoms with van der Waals surface area (Å²) in [5, 5.41) is 3.04. The fourth-order valence-corrected chi connectivity index (χ4v) is 6.61. The molecule has 2 aromatic rings. The van der Waals surface area contributed by atoms with Crippen molar-refractivity contribution in [3.63, 3.8) is 0 Å². The molecule has 1 aliphatic carbocycles. The number of pyridine rings is 1. The van der Waals surface area contributed by atoms with E-state index in [0.717, 1.165) is 74.8 Å². The molecular weight excluding hydrogens is 518 g/mol. The van der Waals surface area contributed by atoms with Crippen LogP contribution in [-0.4, -0.2) is 60.2 Å². The largest absolute Gasteiger partial charge is 1.00 e. The number of aromatic nitrogens is 1. The van der Waals surface area contributed by atoms with Crippen molar-refractivity contribution in [2.24, 2.45) is 5.92 Å². The monoisotopic (exact) mass is 555 g/mol. The number of rotatable bonds is 7. The van der Waals surface area contributed by atoms with Crippen LogP contribution in [0.4, 0.5) is 0 Å². The molecule has 6 rings (SSSR count). The summed E-state index contributed by atoms with van der Waals surface area (Å²) in [6.45, 7) is 4.53. The molecule has 3 aliphatic heterocycles. The summed E-state index contributed by atoms with van der Waals surface area (Å²) >= 11 is 0. The lowest BCUT2D eigenvalue weighted by atomic mass is 9.74. The van der Waals surface area contributed by atoms with Crippen LogP contribution in [0.1, 0.15) is 67.4 Å². The van der Waals surface area contributed by atoms with E-state index in [1.165, 1.54) is 12.8 Å². The number of halogens is 1. The average Bonchev–Trinajstić information content (AvgIpc) is 3.17. The number of benzene rings is 1. The second-order valence-corrected chi connectivity index (χ2v) is 10.8. The summed E-state index contributed by atoms with van der Waals surface area (Å²) in [5.74, 6) is 0.323. The maximum atomic E-state index is 13.9. The molecule has 1 N–H and O–H groups in total. The van der Waals surface area contributed by atoms with Gasteiger partial charge in [-0.2, -0.15) is 0 Å². The van der Waals surface area contributed by atoms with Gasteiger partial charge in [-0.1, -0.05) is 62.1 Å². The molecule has 1 amide bonds. The van der Waals surface area contributed by atoms with Gasteiger partial charge in [0.1, 0.15) is 12.2 Å². The molecule has 194 valence electrons. The highest BCUT2D eigenvalue weighted by molar-refractivity contribution is 5.92. The van der Waals surface area contributed by atoms with Crippen LogP contribution < -0.4 is 22.3 Å². The molecule has 2 bridgehead atoms. The van der Waals surface area contributed by atoms with Gasteiger partial charge in [-0.25, -0.2) is 0 Å². The normalized spacial score (nSPS) is 26.8. The van der Waals surface area contributed by atoms with E-state index in [2.05, 4.69) is 22.4 Å². The number of fused-ring (bicyclic) bond motifs is 3. The van der Waals surface area contributed by atoms with Gasteiger partial charge in [-0.3, -0.25) is 14.6 Å². The molecule has 1 aromatic heterocycles. The molecule has 4 heterocycles. The molecule has 3 saturated heterocycles. The Morgan fingerprint density at radius 1 is 0.972 bits per heavy atom. The third-order valence-electron chi connectivity index (χ3n) is 8.74. The number of nitrogens with zero attached hydrogens (tertiary/aromatic N) is 2. The minimum Gasteiger partial charge on any atom is -1.00 e. The van der Waals surface area contributed by atoms with Crippen molar-refractivity contribution in [1.82, 2.24) is 10.3 Å². The molecule has 7 heteroatoms. The van der Waals surface area contributed by atoms with Crippen molar-refractivity contribution in [3.8, 4) is 0 Å². The highest BCUT2D eigenvalue weighted by atomic mass is 79.9. The smallest absolute Gasteiger partial charge is 0.317 e. The van der Waals surface area contributed by atoms with Crippen molar-refractivity contribution in [2.45, 2.75) is 62.9 Å². The van der Waals surface area contributed by atoms with Crippen LogP contribution in [0.3, 0.4) is 0 Å². The Balaban J connectivity index is 0.00000304. The van der Waals surface area contributed by atoms with Crippen LogP contribution in [0, 0.1) is 5.92 Å². The zero-order valence-electron chi connectivity index (χ0n) is 21.0. The third-order valence-corrected chi connectivity index (χ3v) is 8.74. The Labute approximate surface area is 225 Å². The van der Waals surface area contributed by atoms with Gasteiger partial charge >= 0.3 is 5.97 Å². The Bertz CT molecular complexity index is 1000. The van der Waals surface area contributed by atoms with Crippen LogP contribution in [0.5, 0.6) is 0 Å². The molecule has 0 spiro atoms. The lowest BCUT2D eigenvalue weighted by Crippen LogP contribution is -3.00. The Morgan fingerprint density at radius 3 is 2.33 bits per heavy atom. The fourth-order valence-electron chi connectivity index (χ4n) is 6.61. The van der Waals surface area contributed by atoms with Crippen LogP contribution in [0.15, 0.2) is 54.7 Å². The Kier molecular flexibility index (Phi) is 8.83. The number of ether oxygens (including phenoxy) is 1. The van der Waals surface area contributed by atoms with E-state index in [0.29, 0.717) is 18.2 Å². The van der Waals surface area contributed by atoms with Crippen molar-refractivity contribution < 1.29 is 35.8 Å². The number of hydrogen-bond acceptors (Lipinski definition) is 4. The molecule has 36 heavy (non-hydrogen) atoms. The van der Waals surface area contributed by atoms with E-state index in [-0.39, 0.29) is 35.0 Å². The number of hydrogen-bond donors (Lipinski definition) is 1. The summed E-state index contributed by atoms with van der Waals surface area (Å²) in [4.78, 5) is 30.5. The van der Waals surface area contributed by atoms with Crippen molar-refractivity contribution in [3.05, 3.63) is 66.0 Å². The minimum atomic E-state index is -0.509. The number of carbonyl (C=O) groups excluding carboxylic acids is 2. The van der Waals surface area contributed by atoms with Gasteiger partial charge < -0.3 is 31.5 Å². The number of amides is 1. The molecule has 0 radical (unpaired) electrons. The van der Waals surface area contributed by atoms with Crippen LogP contribution in [0.25, 0.3) is 0 Å². The highest BCUT2D eigenvalue weighted by Gasteiger charge is 2.50. The first kappa shape index (κ1) is 26.8. The first-order valence-electron chi connectivity index (χ1n) is 13.4. The number of quaternary nitrogens is 1. The zero-order valence-corrected chi connectivity index (χ0v) is 22.6. The SMILES string of the molecule is O=C(NCC[N+]12CCC(CC1)[C@@H](OC(=O)C1(c3ccccc3)CCCCCC1)C2)c1ccccn1.[Br-]. The molecule has 1 saturated carbocycles. The van der Waals surface area contributed by atoms with E-state index in [1.807, 2.05) is 30.3 Å². The molecule has 4 aliphatic rings. The predicted molar refractivity (Wildman–Crippen MR) is 135 cm³/mol.